The number of carbonyl (C=O) groups is 2. The summed E-state index contributed by atoms with van der Waals surface area (Å²) < 4.78 is 0. The van der Waals surface area contributed by atoms with Gasteiger partial charge in [0.2, 0.25) is 0 Å². The van der Waals surface area contributed by atoms with Crippen LogP contribution in [-0.4, -0.2) is 23.0 Å². The van der Waals surface area contributed by atoms with E-state index in [0.717, 1.165) is 31.6 Å². The van der Waals surface area contributed by atoms with E-state index in [9.17, 15) is 9.59 Å². The smallest absolute Gasteiger partial charge is 0.336 e. The minimum atomic E-state index is -1.06. The van der Waals surface area contributed by atoms with Gasteiger partial charge in [-0.1, -0.05) is 25.5 Å². The Hall–Kier alpha value is -1.84. The zero-order chi connectivity index (χ0) is 14.5. The fourth-order valence-electron chi connectivity index (χ4n) is 2.85. The van der Waals surface area contributed by atoms with E-state index < -0.39 is 5.97 Å². The van der Waals surface area contributed by atoms with Gasteiger partial charge in [-0.15, -0.1) is 0 Å². The molecule has 0 aromatic heterocycles. The average Bonchev–Trinajstić information content (AvgIpc) is 2.48. The van der Waals surface area contributed by atoms with Crippen molar-refractivity contribution < 1.29 is 14.7 Å². The van der Waals surface area contributed by atoms with Crippen LogP contribution in [0.2, 0.25) is 0 Å². The van der Waals surface area contributed by atoms with Gasteiger partial charge in [-0.05, 0) is 43.7 Å². The number of amides is 1. The third kappa shape index (κ3) is 3.38. The first-order valence-electron chi connectivity index (χ1n) is 7.25. The summed E-state index contributed by atoms with van der Waals surface area (Å²) in [6.45, 7) is 2.20. The zero-order valence-corrected chi connectivity index (χ0v) is 11.8. The van der Waals surface area contributed by atoms with Gasteiger partial charge in [0.05, 0.1) is 11.1 Å². The standard InChI is InChI=1S/C16H21NO3/c1-2-11-7-9-12(10-8-11)17-15(18)13-5-3-4-6-14(13)16(19)20/h3-6,11-12H,2,7-10H2,1H3,(H,17,18)(H,19,20). The molecule has 1 aliphatic rings. The van der Waals surface area contributed by atoms with Crippen molar-refractivity contribution >= 4 is 11.9 Å². The summed E-state index contributed by atoms with van der Waals surface area (Å²) in [6.07, 6.45) is 5.45. The fourth-order valence-corrected chi connectivity index (χ4v) is 2.85. The molecule has 108 valence electrons. The van der Waals surface area contributed by atoms with E-state index in [1.807, 2.05) is 0 Å². The molecule has 1 fully saturated rings. The second-order valence-corrected chi connectivity index (χ2v) is 5.45. The van der Waals surface area contributed by atoms with E-state index in [-0.39, 0.29) is 23.1 Å². The Kier molecular flexibility index (Phi) is 4.77. The van der Waals surface area contributed by atoms with Crippen LogP contribution in [0.3, 0.4) is 0 Å². The number of carbonyl (C=O) groups excluding carboxylic acids is 1. The number of hydrogen-bond donors (Lipinski definition) is 2. The summed E-state index contributed by atoms with van der Waals surface area (Å²) >= 11 is 0. The monoisotopic (exact) mass is 275 g/mol. The van der Waals surface area contributed by atoms with Crippen molar-refractivity contribution in [3.8, 4) is 0 Å². The lowest BCUT2D eigenvalue weighted by molar-refractivity contribution is 0.0690. The van der Waals surface area contributed by atoms with E-state index in [2.05, 4.69) is 12.2 Å². The van der Waals surface area contributed by atoms with E-state index >= 15 is 0 Å². The summed E-state index contributed by atoms with van der Waals surface area (Å²) in [5, 5.41) is 12.1. The van der Waals surface area contributed by atoms with Crippen LogP contribution in [0.25, 0.3) is 0 Å². The molecule has 1 amide bonds. The molecule has 1 saturated carbocycles. The molecule has 0 unspecified atom stereocenters. The topological polar surface area (TPSA) is 66.4 Å². The first-order chi connectivity index (χ1) is 9.61. The van der Waals surface area contributed by atoms with E-state index in [1.165, 1.54) is 12.5 Å². The Balaban J connectivity index is 2.01. The molecule has 0 atom stereocenters. The van der Waals surface area contributed by atoms with Crippen LogP contribution < -0.4 is 5.32 Å². The predicted octanol–water partition coefficient (Wildman–Crippen LogP) is 3.08. The molecule has 0 spiro atoms. The van der Waals surface area contributed by atoms with Gasteiger partial charge in [-0.25, -0.2) is 4.79 Å². The number of carboxylic acids is 1. The second-order valence-electron chi connectivity index (χ2n) is 5.45. The van der Waals surface area contributed by atoms with Gasteiger partial charge in [-0.2, -0.15) is 0 Å². The Morgan fingerprint density at radius 1 is 1.15 bits per heavy atom. The molecule has 0 heterocycles. The van der Waals surface area contributed by atoms with Gasteiger partial charge in [0.15, 0.2) is 0 Å². The highest BCUT2D eigenvalue weighted by atomic mass is 16.4. The predicted molar refractivity (Wildman–Crippen MR) is 76.9 cm³/mol. The molecule has 4 nitrogen and oxygen atoms in total. The quantitative estimate of drug-likeness (QED) is 0.887. The molecular formula is C16H21NO3. The van der Waals surface area contributed by atoms with Crippen LogP contribution in [0.1, 0.15) is 59.7 Å². The van der Waals surface area contributed by atoms with Gasteiger partial charge in [0.25, 0.3) is 5.91 Å². The summed E-state index contributed by atoms with van der Waals surface area (Å²) in [5.41, 5.74) is 0.310. The van der Waals surface area contributed by atoms with E-state index in [1.54, 1.807) is 18.2 Å². The molecule has 2 N–H and O–H groups in total. The molecule has 0 saturated heterocycles. The Bertz CT molecular complexity index is 490. The van der Waals surface area contributed by atoms with Gasteiger partial charge in [0.1, 0.15) is 0 Å². The maximum absolute atomic E-state index is 12.2. The Morgan fingerprint density at radius 2 is 1.75 bits per heavy atom. The van der Waals surface area contributed by atoms with Gasteiger partial charge < -0.3 is 10.4 Å². The lowest BCUT2D eigenvalue weighted by atomic mass is 9.84. The molecule has 20 heavy (non-hydrogen) atoms. The van der Waals surface area contributed by atoms with Crippen molar-refractivity contribution in [3.05, 3.63) is 35.4 Å². The van der Waals surface area contributed by atoms with Crippen molar-refractivity contribution in [2.24, 2.45) is 5.92 Å². The highest BCUT2D eigenvalue weighted by Crippen LogP contribution is 2.26. The lowest BCUT2D eigenvalue weighted by Crippen LogP contribution is -2.38. The lowest BCUT2D eigenvalue weighted by Gasteiger charge is -2.28. The van der Waals surface area contributed by atoms with Crippen molar-refractivity contribution in [3.63, 3.8) is 0 Å². The van der Waals surface area contributed by atoms with Crippen LogP contribution in [0.15, 0.2) is 24.3 Å². The molecule has 1 aromatic carbocycles. The van der Waals surface area contributed by atoms with Crippen LogP contribution in [0, 0.1) is 5.92 Å². The summed E-state index contributed by atoms with van der Waals surface area (Å²) in [4.78, 5) is 23.3. The molecule has 1 aliphatic carbocycles. The third-order valence-electron chi connectivity index (χ3n) is 4.16. The minimum absolute atomic E-state index is 0.0623. The van der Waals surface area contributed by atoms with Crippen molar-refractivity contribution in [2.75, 3.05) is 0 Å². The maximum atomic E-state index is 12.2. The van der Waals surface area contributed by atoms with Gasteiger partial charge in [-0.3, -0.25) is 4.79 Å². The number of benzene rings is 1. The van der Waals surface area contributed by atoms with Crippen LogP contribution in [0.4, 0.5) is 0 Å². The van der Waals surface area contributed by atoms with E-state index in [4.69, 9.17) is 5.11 Å². The maximum Gasteiger partial charge on any atom is 0.336 e. The summed E-state index contributed by atoms with van der Waals surface area (Å²) in [6, 6.07) is 6.52. The second kappa shape index (κ2) is 6.55. The summed E-state index contributed by atoms with van der Waals surface area (Å²) in [7, 11) is 0. The molecule has 0 aliphatic heterocycles. The molecule has 4 heteroatoms. The van der Waals surface area contributed by atoms with Crippen molar-refractivity contribution in [1.29, 1.82) is 0 Å². The zero-order valence-electron chi connectivity index (χ0n) is 11.8. The highest BCUT2D eigenvalue weighted by Gasteiger charge is 2.23. The number of aromatic carboxylic acids is 1. The molecule has 0 radical (unpaired) electrons. The first kappa shape index (κ1) is 14.6. The molecular weight excluding hydrogens is 254 g/mol. The fraction of sp³-hybridized carbons (Fsp3) is 0.500. The van der Waals surface area contributed by atoms with Crippen LogP contribution >= 0.6 is 0 Å². The molecule has 2 rings (SSSR count). The van der Waals surface area contributed by atoms with E-state index in [0.29, 0.717) is 0 Å². The largest absolute Gasteiger partial charge is 0.478 e. The molecule has 0 bridgehead atoms. The highest BCUT2D eigenvalue weighted by molar-refractivity contribution is 6.04. The average molecular weight is 275 g/mol. The first-order valence-corrected chi connectivity index (χ1v) is 7.25. The number of hydrogen-bond acceptors (Lipinski definition) is 2. The Morgan fingerprint density at radius 3 is 2.30 bits per heavy atom. The number of carboxylic acid groups (broad SMARTS) is 1. The van der Waals surface area contributed by atoms with Crippen molar-refractivity contribution in [1.82, 2.24) is 5.32 Å². The minimum Gasteiger partial charge on any atom is -0.478 e. The van der Waals surface area contributed by atoms with Crippen LogP contribution in [0.5, 0.6) is 0 Å². The number of nitrogens with one attached hydrogen (secondary N) is 1. The SMILES string of the molecule is CCC1CCC(NC(=O)c2ccccc2C(=O)O)CC1. The van der Waals surface area contributed by atoms with Crippen molar-refractivity contribution in [2.45, 2.75) is 45.1 Å². The van der Waals surface area contributed by atoms with Gasteiger partial charge in [0, 0.05) is 6.04 Å². The Labute approximate surface area is 119 Å². The third-order valence-corrected chi connectivity index (χ3v) is 4.16. The summed E-state index contributed by atoms with van der Waals surface area (Å²) in [5.74, 6) is -0.567. The molecule has 1 aromatic rings. The van der Waals surface area contributed by atoms with Gasteiger partial charge >= 0.3 is 5.97 Å². The number of rotatable bonds is 4. The van der Waals surface area contributed by atoms with Crippen LogP contribution in [-0.2, 0) is 0 Å². The normalized spacial score (nSPS) is 22.2.